The summed E-state index contributed by atoms with van der Waals surface area (Å²) in [6, 6.07) is 6.73. The second-order valence-corrected chi connectivity index (χ2v) is 6.81. The Bertz CT molecular complexity index is 584. The molecule has 0 bridgehead atoms. The number of amides is 2. The topological polar surface area (TPSA) is 61.8 Å². The van der Waals surface area contributed by atoms with Gasteiger partial charge in [0.1, 0.15) is 0 Å². The highest BCUT2D eigenvalue weighted by molar-refractivity contribution is 6.74. The Morgan fingerprint density at radius 3 is 2.76 bits per heavy atom. The number of hydrogen-bond donors (Lipinski definition) is 1. The number of rotatable bonds is 3. The fourth-order valence-corrected chi connectivity index (χ4v) is 2.11. The third kappa shape index (κ3) is 4.59. The van der Waals surface area contributed by atoms with Crippen LogP contribution in [0.3, 0.4) is 0 Å². The molecule has 112 valence electrons. The minimum absolute atomic E-state index is 0.0572. The molecule has 0 atom stereocenters. The summed E-state index contributed by atoms with van der Waals surface area (Å²) in [5.74, 6) is -0.393. The van der Waals surface area contributed by atoms with Gasteiger partial charge in [0.25, 0.3) is 5.91 Å². The van der Waals surface area contributed by atoms with Crippen LogP contribution in [-0.2, 0) is 4.79 Å². The molecule has 1 fully saturated rings. The molecule has 1 aromatic rings. The quantitative estimate of drug-likeness (QED) is 0.519. The van der Waals surface area contributed by atoms with Crippen LogP contribution < -0.4 is 10.3 Å². The van der Waals surface area contributed by atoms with Gasteiger partial charge in [-0.3, -0.25) is 9.59 Å². The minimum atomic E-state index is -1.67. The lowest BCUT2D eigenvalue weighted by molar-refractivity contribution is -0.117. The van der Waals surface area contributed by atoms with Crippen LogP contribution in [0.5, 0.6) is 0 Å². The average Bonchev–Trinajstić information content (AvgIpc) is 2.83. The van der Waals surface area contributed by atoms with Crippen molar-refractivity contribution in [3.05, 3.63) is 29.8 Å². The molecule has 1 saturated heterocycles. The maximum atomic E-state index is 11.9. The Labute approximate surface area is 136 Å². The molecule has 2 amide bonds. The van der Waals surface area contributed by atoms with Crippen LogP contribution >= 0.6 is 34.8 Å². The lowest BCUT2D eigenvalue weighted by Gasteiger charge is -2.16. The van der Waals surface area contributed by atoms with Gasteiger partial charge in [-0.2, -0.15) is 5.10 Å². The normalized spacial score (nSPS) is 15.8. The second kappa shape index (κ2) is 6.64. The van der Waals surface area contributed by atoms with E-state index in [1.54, 1.807) is 29.2 Å². The predicted octanol–water partition coefficient (Wildman–Crippen LogP) is 2.90. The molecule has 0 radical (unpaired) electrons. The summed E-state index contributed by atoms with van der Waals surface area (Å²) in [7, 11) is 0. The van der Waals surface area contributed by atoms with Gasteiger partial charge < -0.3 is 4.90 Å². The van der Waals surface area contributed by atoms with E-state index in [0.29, 0.717) is 24.2 Å². The Kier molecular flexibility index (Phi) is 5.08. The maximum Gasteiger partial charge on any atom is 0.271 e. The van der Waals surface area contributed by atoms with Crippen molar-refractivity contribution in [3.8, 4) is 0 Å². The molecule has 0 saturated carbocycles. The standard InChI is InChI=1S/C13H12Cl3N3O2/c14-13(15,16)8-17-18-12(21)9-3-1-4-10(7-9)19-6-2-5-11(19)20/h1,3-4,7-8H,2,5-6H2,(H,18,21)/b17-8-. The number of carbonyl (C=O) groups is 2. The molecule has 1 heterocycles. The third-order valence-corrected chi connectivity index (χ3v) is 3.16. The first-order chi connectivity index (χ1) is 9.87. The van der Waals surface area contributed by atoms with Crippen LogP contribution in [0, 0.1) is 0 Å². The lowest BCUT2D eigenvalue weighted by Crippen LogP contribution is -2.24. The lowest BCUT2D eigenvalue weighted by atomic mass is 10.2. The fourth-order valence-electron chi connectivity index (χ4n) is 1.96. The summed E-state index contributed by atoms with van der Waals surface area (Å²) < 4.78 is -1.67. The number of hydrazone groups is 1. The second-order valence-electron chi connectivity index (χ2n) is 4.44. The van der Waals surface area contributed by atoms with Crippen LogP contribution in [0.1, 0.15) is 23.2 Å². The van der Waals surface area contributed by atoms with Crippen LogP contribution in [0.25, 0.3) is 0 Å². The smallest absolute Gasteiger partial charge is 0.271 e. The Balaban J connectivity index is 2.08. The number of hydrogen-bond acceptors (Lipinski definition) is 3. The molecule has 5 nitrogen and oxygen atoms in total. The summed E-state index contributed by atoms with van der Waals surface area (Å²) >= 11 is 16.4. The minimum Gasteiger partial charge on any atom is -0.312 e. The summed E-state index contributed by atoms with van der Waals surface area (Å²) in [6.07, 6.45) is 2.34. The molecule has 2 rings (SSSR count). The van der Waals surface area contributed by atoms with Crippen molar-refractivity contribution < 1.29 is 9.59 Å². The van der Waals surface area contributed by atoms with E-state index in [9.17, 15) is 9.59 Å². The number of benzene rings is 1. The summed E-state index contributed by atoms with van der Waals surface area (Å²) in [4.78, 5) is 25.3. The van der Waals surface area contributed by atoms with E-state index >= 15 is 0 Å². The maximum absolute atomic E-state index is 11.9. The van der Waals surface area contributed by atoms with E-state index in [1.165, 1.54) is 0 Å². The Hall–Kier alpha value is -1.30. The van der Waals surface area contributed by atoms with Crippen molar-refractivity contribution >= 4 is 58.5 Å². The van der Waals surface area contributed by atoms with E-state index in [0.717, 1.165) is 12.6 Å². The number of halogens is 3. The third-order valence-electron chi connectivity index (χ3n) is 2.87. The predicted molar refractivity (Wildman–Crippen MR) is 84.3 cm³/mol. The number of anilines is 1. The van der Waals surface area contributed by atoms with Gasteiger partial charge in [-0.1, -0.05) is 40.9 Å². The van der Waals surface area contributed by atoms with Crippen molar-refractivity contribution in [2.75, 3.05) is 11.4 Å². The van der Waals surface area contributed by atoms with Crippen molar-refractivity contribution in [2.24, 2.45) is 5.10 Å². The van der Waals surface area contributed by atoms with Gasteiger partial charge in [0.05, 0.1) is 6.21 Å². The van der Waals surface area contributed by atoms with Gasteiger partial charge in [0.2, 0.25) is 9.70 Å². The van der Waals surface area contributed by atoms with Crippen molar-refractivity contribution in [1.82, 2.24) is 5.43 Å². The monoisotopic (exact) mass is 347 g/mol. The van der Waals surface area contributed by atoms with E-state index in [1.807, 2.05) is 0 Å². The highest BCUT2D eigenvalue weighted by Crippen LogP contribution is 2.23. The van der Waals surface area contributed by atoms with Crippen LogP contribution in [0.15, 0.2) is 29.4 Å². The molecule has 1 aliphatic heterocycles. The van der Waals surface area contributed by atoms with Crippen molar-refractivity contribution in [1.29, 1.82) is 0 Å². The van der Waals surface area contributed by atoms with E-state index < -0.39 is 9.70 Å². The van der Waals surface area contributed by atoms with Gasteiger partial charge in [-0.15, -0.1) is 0 Å². The van der Waals surface area contributed by atoms with Crippen LogP contribution in [0.2, 0.25) is 0 Å². The fraction of sp³-hybridized carbons (Fsp3) is 0.308. The SMILES string of the molecule is O=C(N/N=C\C(Cl)(Cl)Cl)c1cccc(N2CCCC2=O)c1. The summed E-state index contributed by atoms with van der Waals surface area (Å²) in [5, 5.41) is 3.56. The zero-order chi connectivity index (χ0) is 15.5. The zero-order valence-corrected chi connectivity index (χ0v) is 13.1. The first kappa shape index (κ1) is 16.1. The van der Waals surface area contributed by atoms with Gasteiger partial charge in [-0.25, -0.2) is 5.43 Å². The molecule has 1 aliphatic rings. The number of nitrogens with zero attached hydrogens (tertiary/aromatic N) is 2. The van der Waals surface area contributed by atoms with Gasteiger partial charge in [-0.05, 0) is 24.6 Å². The molecule has 0 unspecified atom stereocenters. The zero-order valence-electron chi connectivity index (χ0n) is 10.9. The molecule has 0 spiro atoms. The molecular weight excluding hydrogens is 337 g/mol. The Morgan fingerprint density at radius 2 is 2.14 bits per heavy atom. The number of nitrogens with one attached hydrogen (secondary N) is 1. The average molecular weight is 349 g/mol. The van der Waals surface area contributed by atoms with Gasteiger partial charge in [0.15, 0.2) is 0 Å². The van der Waals surface area contributed by atoms with Crippen LogP contribution in [0.4, 0.5) is 5.69 Å². The van der Waals surface area contributed by atoms with E-state index in [4.69, 9.17) is 34.8 Å². The largest absolute Gasteiger partial charge is 0.312 e. The van der Waals surface area contributed by atoms with Gasteiger partial charge in [0, 0.05) is 24.2 Å². The molecule has 0 aliphatic carbocycles. The number of carbonyl (C=O) groups excluding carboxylic acids is 2. The Morgan fingerprint density at radius 1 is 1.38 bits per heavy atom. The highest BCUT2D eigenvalue weighted by atomic mass is 35.6. The van der Waals surface area contributed by atoms with E-state index in [-0.39, 0.29) is 5.91 Å². The first-order valence-electron chi connectivity index (χ1n) is 6.18. The molecule has 0 aromatic heterocycles. The summed E-state index contributed by atoms with van der Waals surface area (Å²) in [5.41, 5.74) is 3.32. The molecule has 21 heavy (non-hydrogen) atoms. The van der Waals surface area contributed by atoms with E-state index in [2.05, 4.69) is 10.5 Å². The molecule has 1 aromatic carbocycles. The number of alkyl halides is 3. The van der Waals surface area contributed by atoms with Crippen molar-refractivity contribution in [3.63, 3.8) is 0 Å². The highest BCUT2D eigenvalue weighted by Gasteiger charge is 2.22. The molecule has 1 N–H and O–H groups in total. The van der Waals surface area contributed by atoms with Crippen molar-refractivity contribution in [2.45, 2.75) is 16.6 Å². The summed E-state index contributed by atoms with van der Waals surface area (Å²) in [6.45, 7) is 0.662. The first-order valence-corrected chi connectivity index (χ1v) is 7.32. The molecule has 8 heteroatoms. The van der Waals surface area contributed by atoms with Crippen LogP contribution in [-0.4, -0.2) is 28.4 Å². The molecular formula is C13H12Cl3N3O2. The van der Waals surface area contributed by atoms with Gasteiger partial charge >= 0.3 is 0 Å².